The highest BCUT2D eigenvalue weighted by atomic mass is 19.4. The summed E-state index contributed by atoms with van der Waals surface area (Å²) in [6.07, 6.45) is -1.54. The minimum Gasteiger partial charge on any atom is -0.312 e. The topological polar surface area (TPSA) is 54.9 Å². The number of carbonyl (C=O) groups excluding carboxylic acids is 1. The van der Waals surface area contributed by atoms with Crippen molar-refractivity contribution >= 4 is 5.78 Å². The molecule has 2 aromatic carbocycles. The summed E-state index contributed by atoms with van der Waals surface area (Å²) in [5, 5.41) is 3.33. The van der Waals surface area contributed by atoms with Crippen LogP contribution in [0, 0.1) is 0 Å². The van der Waals surface area contributed by atoms with Crippen LogP contribution in [-0.2, 0) is 49.6 Å². The fraction of sp³-hybridized carbons (Fsp3) is 0.346. The molecular weight excluding hydrogens is 427 g/mol. The van der Waals surface area contributed by atoms with E-state index >= 15 is 0 Å². The van der Waals surface area contributed by atoms with E-state index in [2.05, 4.69) is 27.4 Å². The molecular formula is C26H26F3N3O. The standard InChI is InChI=1S/C26H26F3N3O/c1-17(33)12-20-5-3-2-4-19(20)8-9-24-23(26(27,28)29)16-31-25(32-24)14-18-6-7-22-15-30-11-10-21(22)13-18/h2-7,13,16,30H,8-12,14-15H2,1H3. The summed E-state index contributed by atoms with van der Waals surface area (Å²) in [5.74, 6) is 0.396. The monoisotopic (exact) mass is 453 g/mol. The third kappa shape index (κ3) is 5.85. The maximum atomic E-state index is 13.6. The number of aromatic nitrogens is 2. The largest absolute Gasteiger partial charge is 0.419 e. The lowest BCUT2D eigenvalue weighted by Gasteiger charge is -2.18. The van der Waals surface area contributed by atoms with Gasteiger partial charge in [0.1, 0.15) is 11.6 Å². The van der Waals surface area contributed by atoms with Crippen molar-refractivity contribution in [2.45, 2.75) is 51.7 Å². The second-order valence-corrected chi connectivity index (χ2v) is 8.50. The van der Waals surface area contributed by atoms with Crippen LogP contribution in [0.5, 0.6) is 0 Å². The molecule has 4 nitrogen and oxygen atoms in total. The van der Waals surface area contributed by atoms with Gasteiger partial charge in [-0.3, -0.25) is 4.79 Å². The van der Waals surface area contributed by atoms with Gasteiger partial charge in [-0.2, -0.15) is 13.2 Å². The molecule has 172 valence electrons. The minimum absolute atomic E-state index is 0.00714. The second kappa shape index (κ2) is 9.83. The predicted octanol–water partition coefficient (Wildman–Crippen LogP) is 4.65. The van der Waals surface area contributed by atoms with Crippen molar-refractivity contribution in [3.63, 3.8) is 0 Å². The Balaban J connectivity index is 1.58. The van der Waals surface area contributed by atoms with E-state index in [-0.39, 0.29) is 24.3 Å². The molecule has 0 radical (unpaired) electrons. The van der Waals surface area contributed by atoms with Crippen molar-refractivity contribution in [1.29, 1.82) is 0 Å². The highest BCUT2D eigenvalue weighted by Crippen LogP contribution is 2.32. The van der Waals surface area contributed by atoms with Crippen LogP contribution in [0.4, 0.5) is 13.2 Å². The average molecular weight is 454 g/mol. The van der Waals surface area contributed by atoms with E-state index in [1.807, 2.05) is 30.3 Å². The van der Waals surface area contributed by atoms with Crippen LogP contribution in [0.3, 0.4) is 0 Å². The van der Waals surface area contributed by atoms with Crippen LogP contribution in [0.25, 0.3) is 0 Å². The van der Waals surface area contributed by atoms with E-state index in [0.29, 0.717) is 18.7 Å². The third-order valence-electron chi connectivity index (χ3n) is 5.93. The summed E-state index contributed by atoms with van der Waals surface area (Å²) in [6.45, 7) is 3.26. The maximum Gasteiger partial charge on any atom is 0.419 e. The van der Waals surface area contributed by atoms with E-state index in [0.717, 1.165) is 42.4 Å². The van der Waals surface area contributed by atoms with Crippen molar-refractivity contribution in [3.05, 3.63) is 93.6 Å². The number of nitrogens with zero attached hydrogens (tertiary/aromatic N) is 2. The van der Waals surface area contributed by atoms with Gasteiger partial charge in [-0.25, -0.2) is 9.97 Å². The molecule has 7 heteroatoms. The third-order valence-corrected chi connectivity index (χ3v) is 5.93. The SMILES string of the molecule is CC(=O)Cc1ccccc1CCc1nc(Cc2ccc3c(c2)CCNC3)ncc1C(F)(F)F. The smallest absolute Gasteiger partial charge is 0.312 e. The molecule has 1 aliphatic rings. The van der Waals surface area contributed by atoms with Gasteiger partial charge in [0.2, 0.25) is 0 Å². The van der Waals surface area contributed by atoms with Crippen LogP contribution >= 0.6 is 0 Å². The number of hydrogen-bond donors (Lipinski definition) is 1. The highest BCUT2D eigenvalue weighted by Gasteiger charge is 2.34. The van der Waals surface area contributed by atoms with Crippen LogP contribution < -0.4 is 5.32 Å². The lowest BCUT2D eigenvalue weighted by molar-refractivity contribution is -0.138. The van der Waals surface area contributed by atoms with Crippen molar-refractivity contribution in [2.75, 3.05) is 6.54 Å². The Kier molecular flexibility index (Phi) is 6.88. The molecule has 1 aliphatic heterocycles. The molecule has 0 fully saturated rings. The minimum atomic E-state index is -4.52. The Morgan fingerprint density at radius 2 is 1.85 bits per heavy atom. The molecule has 0 amide bonds. The fourth-order valence-corrected chi connectivity index (χ4v) is 4.29. The molecule has 3 aromatic rings. The van der Waals surface area contributed by atoms with Gasteiger partial charge in [-0.15, -0.1) is 0 Å². The number of hydrogen-bond acceptors (Lipinski definition) is 4. The first kappa shape index (κ1) is 23.1. The van der Waals surface area contributed by atoms with Crippen LogP contribution in [0.1, 0.15) is 51.8 Å². The molecule has 0 atom stereocenters. The highest BCUT2D eigenvalue weighted by molar-refractivity contribution is 5.78. The number of halogens is 3. The molecule has 0 saturated heterocycles. The molecule has 0 spiro atoms. The fourth-order valence-electron chi connectivity index (χ4n) is 4.29. The normalized spacial score (nSPS) is 13.6. The number of Topliss-reactive ketones (excluding diaryl/α,β-unsaturated/α-hetero) is 1. The van der Waals surface area contributed by atoms with Gasteiger partial charge >= 0.3 is 6.18 Å². The molecule has 0 aliphatic carbocycles. The first-order valence-electron chi connectivity index (χ1n) is 11.1. The van der Waals surface area contributed by atoms with Crippen molar-refractivity contribution in [1.82, 2.24) is 15.3 Å². The van der Waals surface area contributed by atoms with Crippen LogP contribution in [0.2, 0.25) is 0 Å². The number of alkyl halides is 3. The van der Waals surface area contributed by atoms with Crippen molar-refractivity contribution in [2.24, 2.45) is 0 Å². The van der Waals surface area contributed by atoms with Gasteiger partial charge in [-0.1, -0.05) is 42.5 Å². The zero-order valence-electron chi connectivity index (χ0n) is 18.5. The summed E-state index contributed by atoms with van der Waals surface area (Å²) in [5.41, 5.74) is 4.41. The Morgan fingerprint density at radius 3 is 2.61 bits per heavy atom. The summed E-state index contributed by atoms with van der Waals surface area (Å²) < 4.78 is 40.9. The van der Waals surface area contributed by atoms with E-state index in [1.165, 1.54) is 18.1 Å². The number of rotatable bonds is 7. The number of aryl methyl sites for hydroxylation is 2. The zero-order valence-corrected chi connectivity index (χ0v) is 18.5. The first-order valence-corrected chi connectivity index (χ1v) is 11.1. The first-order chi connectivity index (χ1) is 15.8. The van der Waals surface area contributed by atoms with Crippen molar-refractivity contribution in [3.8, 4) is 0 Å². The van der Waals surface area contributed by atoms with Gasteiger partial charge < -0.3 is 5.32 Å². The number of fused-ring (bicyclic) bond motifs is 1. The average Bonchev–Trinajstić information content (AvgIpc) is 2.77. The van der Waals surface area contributed by atoms with Gasteiger partial charge in [0.05, 0.1) is 11.3 Å². The molecule has 4 rings (SSSR count). The molecule has 1 aromatic heterocycles. The summed E-state index contributed by atoms with van der Waals surface area (Å²) in [4.78, 5) is 19.9. The van der Waals surface area contributed by atoms with E-state index in [4.69, 9.17) is 0 Å². The van der Waals surface area contributed by atoms with Gasteiger partial charge in [0, 0.05) is 25.6 Å². The number of nitrogens with one attached hydrogen (secondary N) is 1. The van der Waals surface area contributed by atoms with E-state index in [9.17, 15) is 18.0 Å². The van der Waals surface area contributed by atoms with Crippen molar-refractivity contribution < 1.29 is 18.0 Å². The Labute approximate surface area is 191 Å². The number of carbonyl (C=O) groups is 1. The lowest BCUT2D eigenvalue weighted by Crippen LogP contribution is -2.23. The second-order valence-electron chi connectivity index (χ2n) is 8.50. The van der Waals surface area contributed by atoms with E-state index in [1.54, 1.807) is 0 Å². The molecule has 0 unspecified atom stereocenters. The lowest BCUT2D eigenvalue weighted by atomic mass is 9.96. The molecule has 0 saturated carbocycles. The molecule has 1 N–H and O–H groups in total. The van der Waals surface area contributed by atoms with E-state index < -0.39 is 11.7 Å². The summed E-state index contributed by atoms with van der Waals surface area (Å²) >= 11 is 0. The Morgan fingerprint density at radius 1 is 1.06 bits per heavy atom. The molecule has 33 heavy (non-hydrogen) atoms. The number of benzene rings is 2. The van der Waals surface area contributed by atoms with Crippen LogP contribution in [-0.4, -0.2) is 22.3 Å². The van der Waals surface area contributed by atoms with Gasteiger partial charge in [0.15, 0.2) is 0 Å². The predicted molar refractivity (Wildman–Crippen MR) is 120 cm³/mol. The maximum absolute atomic E-state index is 13.6. The van der Waals surface area contributed by atoms with Crippen LogP contribution in [0.15, 0.2) is 48.7 Å². The summed E-state index contributed by atoms with van der Waals surface area (Å²) in [6, 6.07) is 13.5. The van der Waals surface area contributed by atoms with Gasteiger partial charge in [0.25, 0.3) is 0 Å². The summed E-state index contributed by atoms with van der Waals surface area (Å²) in [7, 11) is 0. The number of ketones is 1. The van der Waals surface area contributed by atoms with Gasteiger partial charge in [-0.05, 0) is 60.5 Å². The Hall–Kier alpha value is -3.06. The molecule has 0 bridgehead atoms. The quantitative estimate of drug-likeness (QED) is 0.566. The molecule has 2 heterocycles. The zero-order chi connectivity index (χ0) is 23.4. The Bertz CT molecular complexity index is 1160.